The minimum atomic E-state index is -0.0715. The number of likely N-dealkylation sites (tertiary alicyclic amines) is 1. The number of nitrogens with two attached hydrogens (primary N) is 1. The van der Waals surface area contributed by atoms with E-state index in [-0.39, 0.29) is 6.10 Å². The van der Waals surface area contributed by atoms with Crippen LogP contribution in [0, 0.1) is 0 Å². The summed E-state index contributed by atoms with van der Waals surface area (Å²) in [5.41, 5.74) is 5.44. The van der Waals surface area contributed by atoms with E-state index in [9.17, 15) is 5.11 Å². The molecule has 1 unspecified atom stereocenters. The van der Waals surface area contributed by atoms with Crippen molar-refractivity contribution in [2.45, 2.75) is 25.4 Å². The topological polar surface area (TPSA) is 49.5 Å². The summed E-state index contributed by atoms with van der Waals surface area (Å²) < 4.78 is 0. The molecule has 1 rings (SSSR count). The fourth-order valence-corrected chi connectivity index (χ4v) is 1.54. The van der Waals surface area contributed by atoms with Crippen LogP contribution in [0.25, 0.3) is 0 Å². The lowest BCUT2D eigenvalue weighted by molar-refractivity contribution is 0.155. The third-order valence-electron chi connectivity index (χ3n) is 2.24. The summed E-state index contributed by atoms with van der Waals surface area (Å²) in [4.78, 5) is 2.33. The van der Waals surface area contributed by atoms with Crippen molar-refractivity contribution in [2.75, 3.05) is 26.2 Å². The third-order valence-corrected chi connectivity index (χ3v) is 2.24. The fourth-order valence-electron chi connectivity index (χ4n) is 1.54. The predicted octanol–water partition coefficient (Wildman–Crippen LogP) is -0.208. The SMILES string of the molecule is NCCN1CCCC(O)CC1. The normalized spacial score (nSPS) is 28.4. The third kappa shape index (κ3) is 3.18. The van der Waals surface area contributed by atoms with E-state index in [2.05, 4.69) is 4.90 Å². The smallest absolute Gasteiger partial charge is 0.0553 e. The lowest BCUT2D eigenvalue weighted by Gasteiger charge is -2.17. The zero-order chi connectivity index (χ0) is 8.10. The molecular weight excluding hydrogens is 140 g/mol. The van der Waals surface area contributed by atoms with Crippen molar-refractivity contribution >= 4 is 0 Å². The van der Waals surface area contributed by atoms with Gasteiger partial charge in [0.05, 0.1) is 6.10 Å². The van der Waals surface area contributed by atoms with Gasteiger partial charge in [0.2, 0.25) is 0 Å². The van der Waals surface area contributed by atoms with Gasteiger partial charge in [0.15, 0.2) is 0 Å². The first-order valence-electron chi connectivity index (χ1n) is 4.43. The molecule has 1 saturated heterocycles. The van der Waals surface area contributed by atoms with Crippen LogP contribution < -0.4 is 5.73 Å². The highest BCUT2D eigenvalue weighted by molar-refractivity contribution is 4.68. The molecule has 0 aromatic carbocycles. The molecule has 1 aliphatic rings. The fraction of sp³-hybridized carbons (Fsp3) is 1.00. The Kier molecular flexibility index (Phi) is 3.83. The Bertz CT molecular complexity index is 108. The van der Waals surface area contributed by atoms with Gasteiger partial charge in [-0.1, -0.05) is 0 Å². The van der Waals surface area contributed by atoms with Gasteiger partial charge in [-0.15, -0.1) is 0 Å². The zero-order valence-corrected chi connectivity index (χ0v) is 7.00. The van der Waals surface area contributed by atoms with Gasteiger partial charge in [-0.3, -0.25) is 0 Å². The Labute approximate surface area is 68.2 Å². The van der Waals surface area contributed by atoms with Crippen LogP contribution in [0.3, 0.4) is 0 Å². The van der Waals surface area contributed by atoms with E-state index in [0.29, 0.717) is 0 Å². The second kappa shape index (κ2) is 4.70. The Morgan fingerprint density at radius 1 is 1.36 bits per heavy atom. The van der Waals surface area contributed by atoms with E-state index < -0.39 is 0 Å². The van der Waals surface area contributed by atoms with E-state index in [1.165, 1.54) is 0 Å². The molecule has 0 aromatic rings. The van der Waals surface area contributed by atoms with Gasteiger partial charge in [-0.25, -0.2) is 0 Å². The Balaban J connectivity index is 2.22. The highest BCUT2D eigenvalue weighted by Crippen LogP contribution is 2.09. The molecule has 3 nitrogen and oxygen atoms in total. The summed E-state index contributed by atoms with van der Waals surface area (Å²) in [6.07, 6.45) is 2.92. The van der Waals surface area contributed by atoms with Crippen LogP contribution in [0.1, 0.15) is 19.3 Å². The molecule has 0 radical (unpaired) electrons. The van der Waals surface area contributed by atoms with E-state index >= 15 is 0 Å². The Hall–Kier alpha value is -0.120. The van der Waals surface area contributed by atoms with Crippen LogP contribution in [0.5, 0.6) is 0 Å². The number of aliphatic hydroxyl groups excluding tert-OH is 1. The van der Waals surface area contributed by atoms with E-state index in [4.69, 9.17) is 5.73 Å². The number of rotatable bonds is 2. The molecule has 1 atom stereocenters. The molecular formula is C8H18N2O. The molecule has 11 heavy (non-hydrogen) atoms. The Morgan fingerprint density at radius 3 is 2.91 bits per heavy atom. The molecule has 0 aliphatic carbocycles. The lowest BCUT2D eigenvalue weighted by atomic mass is 10.2. The summed E-state index contributed by atoms with van der Waals surface area (Å²) in [7, 11) is 0. The molecule has 1 fully saturated rings. The molecule has 3 heteroatoms. The maximum Gasteiger partial charge on any atom is 0.0553 e. The maximum absolute atomic E-state index is 9.32. The summed E-state index contributed by atoms with van der Waals surface area (Å²) in [5, 5.41) is 9.32. The Morgan fingerprint density at radius 2 is 2.18 bits per heavy atom. The standard InChI is InChI=1S/C8H18N2O/c9-4-7-10-5-1-2-8(11)3-6-10/h8,11H,1-7,9H2. The highest BCUT2D eigenvalue weighted by atomic mass is 16.3. The monoisotopic (exact) mass is 158 g/mol. The summed E-state index contributed by atoms with van der Waals surface area (Å²) in [5.74, 6) is 0. The minimum absolute atomic E-state index is 0.0715. The van der Waals surface area contributed by atoms with Crippen LogP contribution in [-0.2, 0) is 0 Å². The number of aliphatic hydroxyl groups is 1. The molecule has 1 aliphatic heterocycles. The predicted molar refractivity (Wildman–Crippen MR) is 45.4 cm³/mol. The van der Waals surface area contributed by atoms with Gasteiger partial charge >= 0.3 is 0 Å². The van der Waals surface area contributed by atoms with Crippen molar-refractivity contribution in [3.8, 4) is 0 Å². The number of nitrogens with zero attached hydrogens (tertiary/aromatic N) is 1. The van der Waals surface area contributed by atoms with Gasteiger partial charge in [-0.2, -0.15) is 0 Å². The number of hydrogen-bond acceptors (Lipinski definition) is 3. The quantitative estimate of drug-likeness (QED) is 0.585. The lowest BCUT2D eigenvalue weighted by Crippen LogP contribution is -2.30. The van der Waals surface area contributed by atoms with Crippen LogP contribution >= 0.6 is 0 Å². The van der Waals surface area contributed by atoms with Gasteiger partial charge in [0, 0.05) is 19.6 Å². The van der Waals surface area contributed by atoms with Crippen molar-refractivity contribution in [1.82, 2.24) is 4.90 Å². The van der Waals surface area contributed by atoms with Gasteiger partial charge in [-0.05, 0) is 25.8 Å². The first-order valence-corrected chi connectivity index (χ1v) is 4.43. The molecule has 0 amide bonds. The van der Waals surface area contributed by atoms with Gasteiger partial charge in [0.1, 0.15) is 0 Å². The van der Waals surface area contributed by atoms with Crippen molar-refractivity contribution in [2.24, 2.45) is 5.73 Å². The van der Waals surface area contributed by atoms with Crippen molar-refractivity contribution < 1.29 is 5.11 Å². The van der Waals surface area contributed by atoms with Crippen LogP contribution in [0.2, 0.25) is 0 Å². The van der Waals surface area contributed by atoms with Crippen molar-refractivity contribution in [3.05, 3.63) is 0 Å². The highest BCUT2D eigenvalue weighted by Gasteiger charge is 2.13. The molecule has 0 aromatic heterocycles. The summed E-state index contributed by atoms with van der Waals surface area (Å²) in [6, 6.07) is 0. The van der Waals surface area contributed by atoms with E-state index in [1.54, 1.807) is 0 Å². The first-order chi connectivity index (χ1) is 5.33. The van der Waals surface area contributed by atoms with E-state index in [0.717, 1.165) is 45.4 Å². The summed E-state index contributed by atoms with van der Waals surface area (Å²) >= 11 is 0. The van der Waals surface area contributed by atoms with Crippen molar-refractivity contribution in [1.29, 1.82) is 0 Å². The van der Waals surface area contributed by atoms with Crippen LogP contribution in [0.15, 0.2) is 0 Å². The number of hydrogen-bond donors (Lipinski definition) is 2. The first kappa shape index (κ1) is 8.97. The van der Waals surface area contributed by atoms with Gasteiger partial charge < -0.3 is 15.7 Å². The zero-order valence-electron chi connectivity index (χ0n) is 7.00. The average molecular weight is 158 g/mol. The van der Waals surface area contributed by atoms with E-state index in [1.807, 2.05) is 0 Å². The molecule has 0 spiro atoms. The second-order valence-corrected chi connectivity index (χ2v) is 3.22. The second-order valence-electron chi connectivity index (χ2n) is 3.22. The molecule has 3 N–H and O–H groups in total. The van der Waals surface area contributed by atoms with Crippen LogP contribution in [0.4, 0.5) is 0 Å². The maximum atomic E-state index is 9.32. The molecule has 66 valence electrons. The molecule has 0 saturated carbocycles. The van der Waals surface area contributed by atoms with Crippen molar-refractivity contribution in [3.63, 3.8) is 0 Å². The molecule has 1 heterocycles. The summed E-state index contributed by atoms with van der Waals surface area (Å²) in [6.45, 7) is 3.83. The minimum Gasteiger partial charge on any atom is -0.393 e. The largest absolute Gasteiger partial charge is 0.393 e. The molecule has 0 bridgehead atoms. The van der Waals surface area contributed by atoms with Gasteiger partial charge in [0.25, 0.3) is 0 Å². The van der Waals surface area contributed by atoms with Crippen LogP contribution in [-0.4, -0.2) is 42.3 Å². The average Bonchev–Trinajstić information content (AvgIpc) is 2.17.